The molecule has 0 aliphatic carbocycles. The SMILES string of the molecule is CN(C)C(C#N)CCc1ccc2c(-c3ccc(F)cc3)occ2c1. The van der Waals surface area contributed by atoms with Crippen molar-refractivity contribution in [3.63, 3.8) is 0 Å². The topological polar surface area (TPSA) is 40.2 Å². The van der Waals surface area contributed by atoms with Crippen molar-refractivity contribution in [1.29, 1.82) is 5.26 Å². The van der Waals surface area contributed by atoms with Gasteiger partial charge < -0.3 is 4.42 Å². The molecule has 3 nitrogen and oxygen atoms in total. The molecular formula is C20H19FN2O. The Kier molecular flexibility index (Phi) is 4.64. The number of benzene rings is 2. The van der Waals surface area contributed by atoms with Crippen molar-refractivity contribution < 1.29 is 8.81 Å². The quantitative estimate of drug-likeness (QED) is 0.688. The summed E-state index contributed by atoms with van der Waals surface area (Å²) in [7, 11) is 3.84. The van der Waals surface area contributed by atoms with E-state index in [9.17, 15) is 4.39 Å². The number of halogens is 1. The fourth-order valence-electron chi connectivity index (χ4n) is 2.82. The fourth-order valence-corrected chi connectivity index (χ4v) is 2.82. The van der Waals surface area contributed by atoms with Gasteiger partial charge in [-0.05, 0) is 62.8 Å². The van der Waals surface area contributed by atoms with Crippen LogP contribution in [-0.4, -0.2) is 25.0 Å². The van der Waals surface area contributed by atoms with E-state index in [2.05, 4.69) is 18.2 Å². The van der Waals surface area contributed by atoms with E-state index in [-0.39, 0.29) is 11.9 Å². The van der Waals surface area contributed by atoms with Gasteiger partial charge in [0.2, 0.25) is 0 Å². The number of aryl methyl sites for hydroxylation is 1. The summed E-state index contributed by atoms with van der Waals surface area (Å²) in [6.07, 6.45) is 3.35. The van der Waals surface area contributed by atoms with E-state index in [1.807, 2.05) is 25.1 Å². The summed E-state index contributed by atoms with van der Waals surface area (Å²) in [6.45, 7) is 0. The molecule has 0 fully saturated rings. The summed E-state index contributed by atoms with van der Waals surface area (Å²) in [5, 5.41) is 11.2. The van der Waals surface area contributed by atoms with E-state index in [4.69, 9.17) is 9.68 Å². The van der Waals surface area contributed by atoms with Crippen LogP contribution in [0.15, 0.2) is 53.1 Å². The van der Waals surface area contributed by atoms with Crippen molar-refractivity contribution >= 4 is 10.8 Å². The normalized spacial score (nSPS) is 12.5. The van der Waals surface area contributed by atoms with Crippen molar-refractivity contribution in [2.75, 3.05) is 14.1 Å². The van der Waals surface area contributed by atoms with E-state index in [0.717, 1.165) is 34.9 Å². The van der Waals surface area contributed by atoms with E-state index in [1.54, 1.807) is 18.4 Å². The zero-order valence-electron chi connectivity index (χ0n) is 13.8. The smallest absolute Gasteiger partial charge is 0.141 e. The average molecular weight is 322 g/mol. The zero-order chi connectivity index (χ0) is 17.1. The van der Waals surface area contributed by atoms with Gasteiger partial charge in [-0.15, -0.1) is 0 Å². The summed E-state index contributed by atoms with van der Waals surface area (Å²) < 4.78 is 18.8. The molecular weight excluding hydrogens is 303 g/mol. The van der Waals surface area contributed by atoms with Gasteiger partial charge in [0.05, 0.1) is 18.4 Å². The number of hydrogen-bond donors (Lipinski definition) is 0. The van der Waals surface area contributed by atoms with Crippen molar-refractivity contribution in [1.82, 2.24) is 4.90 Å². The molecule has 1 heterocycles. The van der Waals surface area contributed by atoms with Gasteiger partial charge in [0.1, 0.15) is 11.6 Å². The Hall–Kier alpha value is -2.64. The van der Waals surface area contributed by atoms with Crippen LogP contribution in [0.4, 0.5) is 4.39 Å². The fraction of sp³-hybridized carbons (Fsp3) is 0.250. The lowest BCUT2D eigenvalue weighted by Gasteiger charge is -2.16. The van der Waals surface area contributed by atoms with Gasteiger partial charge in [0, 0.05) is 16.3 Å². The highest BCUT2D eigenvalue weighted by atomic mass is 19.1. The first-order valence-corrected chi connectivity index (χ1v) is 7.90. The van der Waals surface area contributed by atoms with Crippen molar-refractivity contribution in [2.45, 2.75) is 18.9 Å². The molecule has 0 N–H and O–H groups in total. The van der Waals surface area contributed by atoms with Crippen LogP contribution in [0.5, 0.6) is 0 Å². The second kappa shape index (κ2) is 6.86. The maximum absolute atomic E-state index is 13.1. The van der Waals surface area contributed by atoms with E-state index in [1.165, 1.54) is 17.7 Å². The predicted octanol–water partition coefficient (Wildman–Crippen LogP) is 4.63. The van der Waals surface area contributed by atoms with Crippen LogP contribution < -0.4 is 0 Å². The zero-order valence-corrected chi connectivity index (χ0v) is 13.8. The number of furan rings is 1. The summed E-state index contributed by atoms with van der Waals surface area (Å²) >= 11 is 0. The van der Waals surface area contributed by atoms with Gasteiger partial charge in [-0.1, -0.05) is 12.1 Å². The van der Waals surface area contributed by atoms with E-state index >= 15 is 0 Å². The van der Waals surface area contributed by atoms with Crippen LogP contribution in [0.2, 0.25) is 0 Å². The van der Waals surface area contributed by atoms with Crippen LogP contribution >= 0.6 is 0 Å². The van der Waals surface area contributed by atoms with Crippen LogP contribution in [0.1, 0.15) is 12.0 Å². The highest BCUT2D eigenvalue weighted by Gasteiger charge is 2.12. The second-order valence-corrected chi connectivity index (χ2v) is 6.14. The Morgan fingerprint density at radius 1 is 1.17 bits per heavy atom. The molecule has 24 heavy (non-hydrogen) atoms. The summed E-state index contributed by atoms with van der Waals surface area (Å²) in [4.78, 5) is 1.93. The van der Waals surface area contributed by atoms with Gasteiger partial charge in [-0.2, -0.15) is 5.26 Å². The minimum atomic E-state index is -0.259. The van der Waals surface area contributed by atoms with Crippen LogP contribution in [-0.2, 0) is 6.42 Å². The molecule has 0 bridgehead atoms. The van der Waals surface area contributed by atoms with E-state index < -0.39 is 0 Å². The van der Waals surface area contributed by atoms with Gasteiger partial charge in [0.15, 0.2) is 0 Å². The van der Waals surface area contributed by atoms with Gasteiger partial charge in [-0.3, -0.25) is 4.90 Å². The van der Waals surface area contributed by atoms with Crippen LogP contribution in [0.25, 0.3) is 22.1 Å². The van der Waals surface area contributed by atoms with Crippen molar-refractivity contribution in [3.8, 4) is 17.4 Å². The van der Waals surface area contributed by atoms with Crippen molar-refractivity contribution in [2.24, 2.45) is 0 Å². The molecule has 3 rings (SSSR count). The van der Waals surface area contributed by atoms with E-state index in [0.29, 0.717) is 0 Å². The summed E-state index contributed by atoms with van der Waals surface area (Å²) in [5.41, 5.74) is 2.03. The minimum Gasteiger partial charge on any atom is -0.463 e. The highest BCUT2D eigenvalue weighted by molar-refractivity contribution is 5.94. The molecule has 0 aliphatic rings. The predicted molar refractivity (Wildman–Crippen MR) is 93.0 cm³/mol. The lowest BCUT2D eigenvalue weighted by Crippen LogP contribution is -2.26. The molecule has 2 aromatic carbocycles. The van der Waals surface area contributed by atoms with Crippen LogP contribution in [0.3, 0.4) is 0 Å². The molecule has 1 unspecified atom stereocenters. The Morgan fingerprint density at radius 3 is 2.58 bits per heavy atom. The standard InChI is InChI=1S/C20H19FN2O/c1-23(2)18(12-22)9-3-14-4-10-19-16(11-14)13-24-20(19)15-5-7-17(21)8-6-15/h4-8,10-11,13,18H,3,9H2,1-2H3. The second-order valence-electron chi connectivity index (χ2n) is 6.14. The molecule has 4 heteroatoms. The average Bonchev–Trinajstić information content (AvgIpc) is 2.99. The first-order chi connectivity index (χ1) is 11.6. The number of nitrogens with zero attached hydrogens (tertiary/aromatic N) is 2. The molecule has 0 aliphatic heterocycles. The summed E-state index contributed by atoms with van der Waals surface area (Å²) in [6, 6.07) is 14.7. The molecule has 0 radical (unpaired) electrons. The van der Waals surface area contributed by atoms with Crippen LogP contribution in [0, 0.1) is 17.1 Å². The van der Waals surface area contributed by atoms with Crippen molar-refractivity contribution in [3.05, 3.63) is 60.1 Å². The molecule has 1 atom stereocenters. The number of hydrogen-bond acceptors (Lipinski definition) is 3. The molecule has 1 aromatic heterocycles. The molecule has 0 amide bonds. The molecule has 122 valence electrons. The monoisotopic (exact) mass is 322 g/mol. The number of fused-ring (bicyclic) bond motifs is 1. The largest absolute Gasteiger partial charge is 0.463 e. The third-order valence-corrected chi connectivity index (χ3v) is 4.25. The lowest BCUT2D eigenvalue weighted by molar-refractivity contribution is 0.335. The minimum absolute atomic E-state index is 0.0835. The maximum Gasteiger partial charge on any atom is 0.141 e. The van der Waals surface area contributed by atoms with Gasteiger partial charge in [0.25, 0.3) is 0 Å². The Morgan fingerprint density at radius 2 is 1.92 bits per heavy atom. The number of nitriles is 1. The summed E-state index contributed by atoms with van der Waals surface area (Å²) in [5.74, 6) is 0.490. The Labute approximate surface area is 140 Å². The molecule has 3 aromatic rings. The van der Waals surface area contributed by atoms with Gasteiger partial charge in [-0.25, -0.2) is 4.39 Å². The molecule has 0 saturated heterocycles. The molecule has 0 saturated carbocycles. The number of rotatable bonds is 5. The lowest BCUT2D eigenvalue weighted by atomic mass is 10.0. The first-order valence-electron chi connectivity index (χ1n) is 7.90. The first kappa shape index (κ1) is 16.2. The third-order valence-electron chi connectivity index (χ3n) is 4.25. The Balaban J connectivity index is 1.83. The maximum atomic E-state index is 13.1. The highest BCUT2D eigenvalue weighted by Crippen LogP contribution is 2.31. The third kappa shape index (κ3) is 3.32. The molecule has 0 spiro atoms. The van der Waals surface area contributed by atoms with Gasteiger partial charge >= 0.3 is 0 Å². The Bertz CT molecular complexity index is 875.